The van der Waals surface area contributed by atoms with Crippen molar-refractivity contribution in [2.75, 3.05) is 11.9 Å². The summed E-state index contributed by atoms with van der Waals surface area (Å²) in [4.78, 5) is 15.9. The smallest absolute Gasteiger partial charge is 0.196 e. The number of nitrogens with one attached hydrogen (secondary N) is 1. The molecule has 0 aliphatic carbocycles. The molecule has 0 radical (unpaired) electrons. The van der Waals surface area contributed by atoms with Crippen molar-refractivity contribution in [3.8, 4) is 0 Å². The quantitative estimate of drug-likeness (QED) is 0.830. The molecule has 0 spiro atoms. The van der Waals surface area contributed by atoms with Gasteiger partial charge in [-0.05, 0) is 43.2 Å². The van der Waals surface area contributed by atoms with Crippen LogP contribution in [0.15, 0.2) is 23.2 Å². The monoisotopic (exact) mass is 248 g/mol. The number of amidine groups is 1. The van der Waals surface area contributed by atoms with Gasteiger partial charge in [-0.1, -0.05) is 18.2 Å². The number of benzene rings is 1. The van der Waals surface area contributed by atoms with Crippen molar-refractivity contribution < 1.29 is 4.79 Å². The molecule has 0 saturated carbocycles. The lowest BCUT2D eigenvalue weighted by Crippen LogP contribution is -2.11. The van der Waals surface area contributed by atoms with Gasteiger partial charge in [0.2, 0.25) is 0 Å². The third-order valence-electron chi connectivity index (χ3n) is 2.72. The minimum absolute atomic E-state index is 0.194. The summed E-state index contributed by atoms with van der Waals surface area (Å²) in [7, 11) is 0. The molecule has 2 rings (SSSR count). The Labute approximate surface area is 106 Å². The zero-order valence-corrected chi connectivity index (χ0v) is 10.9. The zero-order valence-electron chi connectivity index (χ0n) is 10.1. The van der Waals surface area contributed by atoms with Crippen LogP contribution >= 0.6 is 11.8 Å². The molecule has 0 aromatic heterocycles. The summed E-state index contributed by atoms with van der Waals surface area (Å²) in [5, 5.41) is 4.20. The topological polar surface area (TPSA) is 41.5 Å². The van der Waals surface area contributed by atoms with E-state index in [1.54, 1.807) is 0 Å². The van der Waals surface area contributed by atoms with Gasteiger partial charge in [0.1, 0.15) is 0 Å². The van der Waals surface area contributed by atoms with Crippen LogP contribution in [0.2, 0.25) is 0 Å². The number of carbonyl (C=O) groups is 1. The predicted molar refractivity (Wildman–Crippen MR) is 73.7 cm³/mol. The van der Waals surface area contributed by atoms with Crippen LogP contribution in [0.25, 0.3) is 0 Å². The molecule has 90 valence electrons. The molecule has 0 atom stereocenters. The lowest BCUT2D eigenvalue weighted by Gasteiger charge is -2.12. The maximum Gasteiger partial charge on any atom is 0.196 e. The summed E-state index contributed by atoms with van der Waals surface area (Å²) < 4.78 is 0. The van der Waals surface area contributed by atoms with Crippen molar-refractivity contribution >= 4 is 27.7 Å². The summed E-state index contributed by atoms with van der Waals surface area (Å²) in [6.45, 7) is 4.84. The van der Waals surface area contributed by atoms with E-state index >= 15 is 0 Å². The summed E-state index contributed by atoms with van der Waals surface area (Å²) in [5.74, 6) is 0. The Morgan fingerprint density at radius 1 is 1.29 bits per heavy atom. The van der Waals surface area contributed by atoms with Crippen molar-refractivity contribution in [3.63, 3.8) is 0 Å². The molecule has 1 N–H and O–H groups in total. The Bertz CT molecular complexity index is 448. The Balaban J connectivity index is 2.20. The molecule has 17 heavy (non-hydrogen) atoms. The largest absolute Gasteiger partial charge is 0.334 e. The van der Waals surface area contributed by atoms with Gasteiger partial charge in [-0.25, -0.2) is 0 Å². The fourth-order valence-corrected chi connectivity index (χ4v) is 2.55. The van der Waals surface area contributed by atoms with E-state index in [9.17, 15) is 4.79 Å². The van der Waals surface area contributed by atoms with Crippen molar-refractivity contribution in [3.05, 3.63) is 29.3 Å². The molecular formula is C13H16N2OS. The lowest BCUT2D eigenvalue weighted by atomic mass is 10.1. The summed E-state index contributed by atoms with van der Waals surface area (Å²) in [5.41, 5.74) is 3.41. The first-order valence-electron chi connectivity index (χ1n) is 5.75. The Morgan fingerprint density at radius 2 is 2.00 bits per heavy atom. The van der Waals surface area contributed by atoms with Crippen molar-refractivity contribution in [1.82, 2.24) is 0 Å². The predicted octanol–water partition coefficient (Wildman–Crippen LogP) is 3.12. The first-order valence-corrected chi connectivity index (χ1v) is 6.57. The van der Waals surface area contributed by atoms with Crippen LogP contribution in [0, 0.1) is 13.8 Å². The van der Waals surface area contributed by atoms with E-state index in [1.807, 2.05) is 6.07 Å². The number of hydrogen-bond acceptors (Lipinski definition) is 4. The van der Waals surface area contributed by atoms with Crippen molar-refractivity contribution in [2.24, 2.45) is 4.99 Å². The molecule has 1 aromatic carbocycles. The lowest BCUT2D eigenvalue weighted by molar-refractivity contribution is -0.110. The number of thioether (sulfide) groups is 1. The van der Waals surface area contributed by atoms with Crippen molar-refractivity contribution in [1.29, 1.82) is 0 Å². The highest BCUT2D eigenvalue weighted by Crippen LogP contribution is 2.23. The van der Waals surface area contributed by atoms with Gasteiger partial charge in [0.25, 0.3) is 0 Å². The highest BCUT2D eigenvalue weighted by molar-refractivity contribution is 8.26. The van der Waals surface area contributed by atoms with Gasteiger partial charge in [0.05, 0.1) is 0 Å². The molecule has 1 aliphatic heterocycles. The van der Waals surface area contributed by atoms with Gasteiger partial charge >= 0.3 is 0 Å². The summed E-state index contributed by atoms with van der Waals surface area (Å²) in [6.07, 6.45) is 1.47. The van der Waals surface area contributed by atoms with Crippen LogP contribution in [0.5, 0.6) is 0 Å². The molecule has 1 aromatic rings. The molecular weight excluding hydrogens is 232 g/mol. The number of para-hydroxylation sites is 1. The average Bonchev–Trinajstić information content (AvgIpc) is 2.48. The number of carbonyl (C=O) groups excluding carboxylic acids is 1. The maximum atomic E-state index is 11.5. The Kier molecular flexibility index (Phi) is 3.84. The molecule has 0 saturated heterocycles. The molecule has 4 heteroatoms. The number of rotatable bonds is 1. The zero-order chi connectivity index (χ0) is 12.3. The van der Waals surface area contributed by atoms with Crippen LogP contribution in [0.1, 0.15) is 24.0 Å². The van der Waals surface area contributed by atoms with E-state index < -0.39 is 0 Å². The van der Waals surface area contributed by atoms with E-state index in [0.29, 0.717) is 6.42 Å². The first-order chi connectivity index (χ1) is 8.16. The molecule has 0 unspecified atom stereocenters. The van der Waals surface area contributed by atoms with Gasteiger partial charge < -0.3 is 5.32 Å². The summed E-state index contributed by atoms with van der Waals surface area (Å²) in [6, 6.07) is 6.14. The number of anilines is 1. The van der Waals surface area contributed by atoms with Crippen molar-refractivity contribution in [2.45, 2.75) is 26.7 Å². The van der Waals surface area contributed by atoms with Crippen LogP contribution in [-0.4, -0.2) is 16.8 Å². The van der Waals surface area contributed by atoms with Gasteiger partial charge in [0.15, 0.2) is 10.3 Å². The van der Waals surface area contributed by atoms with Gasteiger partial charge in [-0.2, -0.15) is 0 Å². The van der Waals surface area contributed by atoms with Crippen LogP contribution in [-0.2, 0) is 4.79 Å². The second-order valence-corrected chi connectivity index (χ2v) is 5.20. The van der Waals surface area contributed by atoms with Gasteiger partial charge in [-0.15, -0.1) is 0 Å². The third-order valence-corrected chi connectivity index (χ3v) is 3.57. The van der Waals surface area contributed by atoms with E-state index in [2.05, 4.69) is 36.3 Å². The molecule has 0 amide bonds. The van der Waals surface area contributed by atoms with Gasteiger partial charge in [-0.3, -0.25) is 9.79 Å². The third kappa shape index (κ3) is 3.09. The molecule has 3 nitrogen and oxygen atoms in total. The van der Waals surface area contributed by atoms with E-state index in [1.165, 1.54) is 22.9 Å². The molecule has 1 heterocycles. The van der Waals surface area contributed by atoms with E-state index in [0.717, 1.165) is 23.8 Å². The number of aliphatic imine (C=N–C) groups is 1. The standard InChI is InChI=1S/C13H16N2OS/c1-9-5-3-6-10(2)12(9)15-13-14-8-4-7-11(16)17-13/h3,5-6H,4,7-8H2,1-2H3,(H,14,15). The molecule has 1 aliphatic rings. The highest BCUT2D eigenvalue weighted by Gasteiger charge is 2.14. The SMILES string of the molecule is Cc1cccc(C)c1NC1=NCCCC(=O)S1. The molecule has 0 bridgehead atoms. The van der Waals surface area contributed by atoms with E-state index in [-0.39, 0.29) is 5.12 Å². The number of nitrogens with zero attached hydrogens (tertiary/aromatic N) is 1. The minimum Gasteiger partial charge on any atom is -0.334 e. The molecule has 0 fully saturated rings. The second-order valence-electron chi connectivity index (χ2n) is 4.16. The number of hydrogen-bond donors (Lipinski definition) is 1. The summed E-state index contributed by atoms with van der Waals surface area (Å²) >= 11 is 1.22. The fraction of sp³-hybridized carbons (Fsp3) is 0.385. The van der Waals surface area contributed by atoms with Crippen LogP contribution in [0.3, 0.4) is 0 Å². The first kappa shape index (κ1) is 12.2. The second kappa shape index (κ2) is 5.36. The maximum absolute atomic E-state index is 11.5. The number of aryl methyl sites for hydroxylation is 2. The fourth-order valence-electron chi connectivity index (χ4n) is 1.78. The van der Waals surface area contributed by atoms with E-state index in [4.69, 9.17) is 0 Å². The van der Waals surface area contributed by atoms with Gasteiger partial charge in [0, 0.05) is 18.7 Å². The normalized spacial score (nSPS) is 16.4. The minimum atomic E-state index is 0.194. The Hall–Kier alpha value is -1.29. The average molecular weight is 248 g/mol. The van der Waals surface area contributed by atoms with Crippen LogP contribution in [0.4, 0.5) is 5.69 Å². The van der Waals surface area contributed by atoms with Crippen LogP contribution < -0.4 is 5.32 Å². The highest BCUT2D eigenvalue weighted by atomic mass is 32.2. The Morgan fingerprint density at radius 3 is 2.71 bits per heavy atom.